The summed E-state index contributed by atoms with van der Waals surface area (Å²) in [7, 11) is 0. The molecule has 4 heteroatoms. The van der Waals surface area contributed by atoms with E-state index < -0.39 is 0 Å². The number of hydrogen-bond donors (Lipinski definition) is 1. The summed E-state index contributed by atoms with van der Waals surface area (Å²) in [5, 5.41) is 4.28. The Morgan fingerprint density at radius 3 is 3.07 bits per heavy atom. The van der Waals surface area contributed by atoms with E-state index in [1.54, 1.807) is 22.7 Å². The van der Waals surface area contributed by atoms with E-state index in [9.17, 15) is 0 Å². The van der Waals surface area contributed by atoms with Crippen molar-refractivity contribution in [2.24, 2.45) is 5.73 Å². The van der Waals surface area contributed by atoms with Crippen LogP contribution in [0.4, 0.5) is 0 Å². The van der Waals surface area contributed by atoms with E-state index in [2.05, 4.69) is 21.8 Å². The van der Waals surface area contributed by atoms with Crippen LogP contribution in [-0.4, -0.2) is 4.98 Å². The third-order valence-corrected chi connectivity index (χ3v) is 3.78. The van der Waals surface area contributed by atoms with Crippen LogP contribution in [0.5, 0.6) is 0 Å². The fourth-order valence-electron chi connectivity index (χ4n) is 1.31. The number of thiazole rings is 1. The quantitative estimate of drug-likeness (QED) is 0.867. The van der Waals surface area contributed by atoms with E-state index >= 15 is 0 Å². The largest absolute Gasteiger partial charge is 0.323 e. The van der Waals surface area contributed by atoms with Crippen molar-refractivity contribution in [1.82, 2.24) is 4.98 Å². The Hall–Kier alpha value is -0.710. The van der Waals surface area contributed by atoms with Crippen LogP contribution in [0.2, 0.25) is 0 Å². The third kappa shape index (κ3) is 2.41. The Labute approximate surface area is 91.4 Å². The standard InChI is InChI=1S/C10H12N2S2/c11-9(10-5-12-7-14-10)2-1-8-3-4-13-6-8/h3-7,9H,1-2,11H2. The third-order valence-electron chi connectivity index (χ3n) is 2.14. The number of hydrogen-bond acceptors (Lipinski definition) is 4. The lowest BCUT2D eigenvalue weighted by Crippen LogP contribution is -2.09. The number of nitrogens with zero attached hydrogens (tertiary/aromatic N) is 1. The van der Waals surface area contributed by atoms with Crippen LogP contribution in [0.25, 0.3) is 0 Å². The fourth-order valence-corrected chi connectivity index (χ4v) is 2.67. The zero-order valence-corrected chi connectivity index (χ0v) is 9.35. The van der Waals surface area contributed by atoms with Crippen molar-refractivity contribution in [3.63, 3.8) is 0 Å². The summed E-state index contributed by atoms with van der Waals surface area (Å²) in [6, 6.07) is 2.30. The molecule has 1 atom stereocenters. The Balaban J connectivity index is 1.87. The highest BCUT2D eigenvalue weighted by molar-refractivity contribution is 7.09. The first-order valence-corrected chi connectivity index (χ1v) is 6.33. The number of thiophene rings is 1. The Morgan fingerprint density at radius 2 is 2.43 bits per heavy atom. The average molecular weight is 224 g/mol. The van der Waals surface area contributed by atoms with Crippen LogP contribution in [0.15, 0.2) is 28.5 Å². The lowest BCUT2D eigenvalue weighted by molar-refractivity contribution is 0.661. The van der Waals surface area contributed by atoms with Crippen molar-refractivity contribution in [1.29, 1.82) is 0 Å². The molecule has 0 aliphatic heterocycles. The summed E-state index contributed by atoms with van der Waals surface area (Å²) < 4.78 is 0. The molecule has 0 radical (unpaired) electrons. The van der Waals surface area contributed by atoms with Gasteiger partial charge in [0.2, 0.25) is 0 Å². The molecule has 0 spiro atoms. The molecule has 2 rings (SSSR count). The zero-order chi connectivity index (χ0) is 9.80. The first-order chi connectivity index (χ1) is 6.86. The van der Waals surface area contributed by atoms with Crippen molar-refractivity contribution < 1.29 is 0 Å². The second kappa shape index (κ2) is 4.68. The maximum absolute atomic E-state index is 6.03. The molecule has 1 unspecified atom stereocenters. The number of aromatic nitrogens is 1. The van der Waals surface area contributed by atoms with Gasteiger partial charge in [-0.25, -0.2) is 0 Å². The molecule has 2 aromatic heterocycles. The summed E-state index contributed by atoms with van der Waals surface area (Å²) in [5.41, 5.74) is 9.25. The van der Waals surface area contributed by atoms with Gasteiger partial charge in [0.05, 0.1) is 5.51 Å². The van der Waals surface area contributed by atoms with Crippen molar-refractivity contribution in [2.75, 3.05) is 0 Å². The van der Waals surface area contributed by atoms with Crippen molar-refractivity contribution in [3.05, 3.63) is 39.0 Å². The predicted molar refractivity (Wildman–Crippen MR) is 61.7 cm³/mol. The molecule has 0 saturated carbocycles. The van der Waals surface area contributed by atoms with Crippen LogP contribution in [0.1, 0.15) is 22.9 Å². The minimum absolute atomic E-state index is 0.141. The van der Waals surface area contributed by atoms with E-state index in [-0.39, 0.29) is 6.04 Å². The van der Waals surface area contributed by atoms with Gasteiger partial charge in [0, 0.05) is 17.1 Å². The van der Waals surface area contributed by atoms with E-state index in [1.165, 1.54) is 10.4 Å². The average Bonchev–Trinajstić information content (AvgIpc) is 2.87. The Bertz CT molecular complexity index is 353. The Kier molecular flexibility index (Phi) is 3.29. The van der Waals surface area contributed by atoms with E-state index in [4.69, 9.17) is 5.73 Å². The molecule has 2 heterocycles. The lowest BCUT2D eigenvalue weighted by Gasteiger charge is -2.07. The fraction of sp³-hybridized carbons (Fsp3) is 0.300. The smallest absolute Gasteiger partial charge is 0.0794 e. The number of rotatable bonds is 4. The van der Waals surface area contributed by atoms with Crippen molar-refractivity contribution in [3.8, 4) is 0 Å². The Morgan fingerprint density at radius 1 is 1.50 bits per heavy atom. The van der Waals surface area contributed by atoms with Gasteiger partial charge in [0.25, 0.3) is 0 Å². The molecule has 0 aliphatic carbocycles. The highest BCUT2D eigenvalue weighted by Gasteiger charge is 2.07. The summed E-state index contributed by atoms with van der Waals surface area (Å²) >= 11 is 3.37. The molecule has 0 saturated heterocycles. The van der Waals surface area contributed by atoms with Crippen molar-refractivity contribution >= 4 is 22.7 Å². The van der Waals surface area contributed by atoms with Gasteiger partial charge in [-0.1, -0.05) is 0 Å². The predicted octanol–water partition coefficient (Wildman–Crippen LogP) is 2.84. The second-order valence-electron chi connectivity index (χ2n) is 3.18. The van der Waals surface area contributed by atoms with Crippen LogP contribution < -0.4 is 5.73 Å². The van der Waals surface area contributed by atoms with Crippen LogP contribution >= 0.6 is 22.7 Å². The minimum Gasteiger partial charge on any atom is -0.323 e. The SMILES string of the molecule is NC(CCc1ccsc1)c1cncs1. The normalized spacial score (nSPS) is 12.9. The van der Waals surface area contributed by atoms with Gasteiger partial charge in [-0.05, 0) is 35.2 Å². The first-order valence-electron chi connectivity index (χ1n) is 4.51. The van der Waals surface area contributed by atoms with Gasteiger partial charge in [-0.15, -0.1) is 11.3 Å². The molecule has 0 bridgehead atoms. The summed E-state index contributed by atoms with van der Waals surface area (Å²) in [5.74, 6) is 0. The molecule has 0 fully saturated rings. The highest BCUT2D eigenvalue weighted by Crippen LogP contribution is 2.20. The molecule has 74 valence electrons. The van der Waals surface area contributed by atoms with Gasteiger partial charge in [-0.2, -0.15) is 11.3 Å². The maximum atomic E-state index is 6.03. The monoisotopic (exact) mass is 224 g/mol. The molecule has 2 nitrogen and oxygen atoms in total. The minimum atomic E-state index is 0.141. The summed E-state index contributed by atoms with van der Waals surface area (Å²) in [6.45, 7) is 0. The van der Waals surface area contributed by atoms with Crippen LogP contribution in [0, 0.1) is 0 Å². The maximum Gasteiger partial charge on any atom is 0.0794 e. The molecule has 0 amide bonds. The van der Waals surface area contributed by atoms with Crippen molar-refractivity contribution in [2.45, 2.75) is 18.9 Å². The molecular formula is C10H12N2S2. The van der Waals surface area contributed by atoms with Gasteiger partial charge >= 0.3 is 0 Å². The van der Waals surface area contributed by atoms with Crippen LogP contribution in [-0.2, 0) is 6.42 Å². The van der Waals surface area contributed by atoms with E-state index in [0.29, 0.717) is 0 Å². The summed E-state index contributed by atoms with van der Waals surface area (Å²) in [6.07, 6.45) is 3.92. The molecular weight excluding hydrogens is 212 g/mol. The molecule has 0 aliphatic rings. The first kappa shape index (κ1) is 9.83. The molecule has 2 N–H and O–H groups in total. The van der Waals surface area contributed by atoms with Crippen LogP contribution in [0.3, 0.4) is 0 Å². The molecule has 0 aromatic carbocycles. The van der Waals surface area contributed by atoms with E-state index in [0.717, 1.165) is 12.8 Å². The number of nitrogens with two attached hydrogens (primary N) is 1. The highest BCUT2D eigenvalue weighted by atomic mass is 32.1. The van der Waals surface area contributed by atoms with E-state index in [1.807, 2.05) is 11.7 Å². The summed E-state index contributed by atoms with van der Waals surface area (Å²) in [4.78, 5) is 5.21. The zero-order valence-electron chi connectivity index (χ0n) is 7.72. The second-order valence-corrected chi connectivity index (χ2v) is 4.88. The van der Waals surface area contributed by atoms with Gasteiger partial charge < -0.3 is 5.73 Å². The lowest BCUT2D eigenvalue weighted by atomic mass is 10.1. The van der Waals surface area contributed by atoms with Gasteiger partial charge in [-0.3, -0.25) is 4.98 Å². The van der Waals surface area contributed by atoms with Gasteiger partial charge in [0.1, 0.15) is 0 Å². The molecule has 2 aromatic rings. The van der Waals surface area contributed by atoms with Gasteiger partial charge in [0.15, 0.2) is 0 Å². The molecule has 14 heavy (non-hydrogen) atoms. The number of aryl methyl sites for hydroxylation is 1. The topological polar surface area (TPSA) is 38.9 Å².